The average Bonchev–Trinajstić information content (AvgIpc) is 2.89. The van der Waals surface area contributed by atoms with Crippen molar-refractivity contribution in [3.05, 3.63) is 47.5 Å². The number of pyridine rings is 1. The zero-order valence-corrected chi connectivity index (χ0v) is 15.2. The maximum Gasteiger partial charge on any atom is 0.404 e. The third kappa shape index (κ3) is 4.46. The van der Waals surface area contributed by atoms with E-state index in [1.165, 1.54) is 23.1 Å². The van der Waals surface area contributed by atoms with Crippen LogP contribution in [0.25, 0.3) is 4.85 Å². The zero-order valence-electron chi connectivity index (χ0n) is 14.4. The molecule has 0 bridgehead atoms. The first kappa shape index (κ1) is 21.3. The molecule has 0 unspecified atom stereocenters. The predicted molar refractivity (Wildman–Crippen MR) is 89.7 cm³/mol. The van der Waals surface area contributed by atoms with Gasteiger partial charge in [-0.3, -0.25) is 4.79 Å². The molecule has 1 atom stereocenters. The molecule has 0 aliphatic carbocycles. The van der Waals surface area contributed by atoms with Crippen LogP contribution in [0.5, 0.6) is 0 Å². The summed E-state index contributed by atoms with van der Waals surface area (Å²) in [6.07, 6.45) is -2.96. The molecule has 2 heterocycles. The summed E-state index contributed by atoms with van der Waals surface area (Å²) in [4.78, 5) is 18.0. The van der Waals surface area contributed by atoms with Gasteiger partial charge in [-0.15, -0.1) is 4.98 Å². The van der Waals surface area contributed by atoms with Gasteiger partial charge < -0.3 is 14.7 Å². The first-order chi connectivity index (χ1) is 12.9. The number of amides is 1. The lowest BCUT2D eigenvalue weighted by Gasteiger charge is -2.16. The van der Waals surface area contributed by atoms with E-state index in [4.69, 9.17) is 6.57 Å². The second-order valence-electron chi connectivity index (χ2n) is 5.62. The highest BCUT2D eigenvalue weighted by Crippen LogP contribution is 2.25. The maximum atomic E-state index is 14.6. The minimum Gasteiger partial charge on any atom is -0.361 e. The molecular weight excluding hydrogens is 406 g/mol. The highest BCUT2D eigenvalue weighted by Gasteiger charge is 2.40. The van der Waals surface area contributed by atoms with Crippen molar-refractivity contribution in [1.29, 1.82) is 0 Å². The van der Waals surface area contributed by atoms with E-state index in [0.29, 0.717) is 13.1 Å². The number of carbonyl (C=O) groups is 1. The molecular formula is C15H13F4N5O3S. The van der Waals surface area contributed by atoms with Gasteiger partial charge in [-0.25, -0.2) is 12.8 Å². The van der Waals surface area contributed by atoms with E-state index in [-0.39, 0.29) is 11.5 Å². The standard InChI is InChI=1S/C15H13F4N5O3S/c1-8(15(17,18)19)23-28(26,27)10-7-24(3)13(12(10)16)14(25)22-9-4-5-21-11(6-9)20-2/h4-8,23H,1,3H3,(H,21,22,25)/t8-/m1/s1. The molecule has 0 aliphatic rings. The summed E-state index contributed by atoms with van der Waals surface area (Å²) in [5, 5.41) is 2.27. The van der Waals surface area contributed by atoms with Crippen LogP contribution < -0.4 is 10.0 Å². The minimum atomic E-state index is -4.89. The quantitative estimate of drug-likeness (QED) is 0.575. The second kappa shape index (κ2) is 7.56. The van der Waals surface area contributed by atoms with E-state index in [0.717, 1.165) is 11.6 Å². The molecule has 2 aromatic rings. The van der Waals surface area contributed by atoms with Crippen molar-refractivity contribution in [2.24, 2.45) is 7.05 Å². The van der Waals surface area contributed by atoms with Gasteiger partial charge in [0.05, 0.1) is 0 Å². The molecule has 0 saturated carbocycles. The number of anilines is 1. The van der Waals surface area contributed by atoms with Crippen LogP contribution in [-0.4, -0.2) is 36.1 Å². The SMILES string of the molecule is [C-]#[N+]c1cc(NC(=O)c2c(F)c(S(=O)(=O)N[C@H](C)C(F)(F)F)cn2C)ccn1. The normalized spacial score (nSPS) is 13.0. The van der Waals surface area contributed by atoms with Crippen LogP contribution in [0.4, 0.5) is 29.1 Å². The molecule has 2 rings (SSSR count). The lowest BCUT2D eigenvalue weighted by atomic mass is 10.3. The summed E-state index contributed by atoms with van der Waals surface area (Å²) in [6, 6.07) is 0.0615. The van der Waals surface area contributed by atoms with Crippen LogP contribution in [0.2, 0.25) is 0 Å². The number of hydrogen-bond acceptors (Lipinski definition) is 4. The van der Waals surface area contributed by atoms with Crippen molar-refractivity contribution in [3.63, 3.8) is 0 Å². The van der Waals surface area contributed by atoms with Gasteiger partial charge in [-0.05, 0) is 13.0 Å². The smallest absolute Gasteiger partial charge is 0.361 e. The van der Waals surface area contributed by atoms with Gasteiger partial charge in [0.15, 0.2) is 5.82 Å². The summed E-state index contributed by atoms with van der Waals surface area (Å²) in [6.45, 7) is 7.42. The fourth-order valence-corrected chi connectivity index (χ4v) is 3.48. The Bertz CT molecular complexity index is 1060. The molecule has 0 fully saturated rings. The molecule has 2 aromatic heterocycles. The Morgan fingerprint density at radius 3 is 2.61 bits per heavy atom. The second-order valence-corrected chi connectivity index (χ2v) is 7.30. The van der Waals surface area contributed by atoms with Gasteiger partial charge in [0.25, 0.3) is 11.7 Å². The number of carbonyl (C=O) groups excluding carboxylic acids is 1. The first-order valence-electron chi connectivity index (χ1n) is 7.45. The summed E-state index contributed by atoms with van der Waals surface area (Å²) in [5.41, 5.74) is -0.624. The van der Waals surface area contributed by atoms with E-state index < -0.39 is 44.6 Å². The van der Waals surface area contributed by atoms with E-state index in [9.17, 15) is 30.8 Å². The number of aryl methyl sites for hydroxylation is 1. The fraction of sp³-hybridized carbons (Fsp3) is 0.267. The van der Waals surface area contributed by atoms with Crippen LogP contribution in [0.1, 0.15) is 17.4 Å². The highest BCUT2D eigenvalue weighted by molar-refractivity contribution is 7.89. The average molecular weight is 419 g/mol. The summed E-state index contributed by atoms with van der Waals surface area (Å²) in [7, 11) is -3.73. The molecule has 8 nitrogen and oxygen atoms in total. The van der Waals surface area contributed by atoms with E-state index in [2.05, 4.69) is 15.1 Å². The van der Waals surface area contributed by atoms with Crippen LogP contribution in [0.3, 0.4) is 0 Å². The van der Waals surface area contributed by atoms with Crippen molar-refractivity contribution in [2.75, 3.05) is 5.32 Å². The Morgan fingerprint density at radius 2 is 2.04 bits per heavy atom. The third-order valence-corrected chi connectivity index (χ3v) is 5.06. The molecule has 0 aromatic carbocycles. The number of alkyl halides is 3. The number of nitrogens with zero attached hydrogens (tertiary/aromatic N) is 3. The Morgan fingerprint density at radius 1 is 1.39 bits per heavy atom. The van der Waals surface area contributed by atoms with Crippen LogP contribution in [-0.2, 0) is 17.1 Å². The molecule has 0 aliphatic heterocycles. The van der Waals surface area contributed by atoms with Gasteiger partial charge in [0.1, 0.15) is 22.8 Å². The summed E-state index contributed by atoms with van der Waals surface area (Å²) in [5.74, 6) is -2.62. The molecule has 0 spiro atoms. The molecule has 2 N–H and O–H groups in total. The number of hydrogen-bond donors (Lipinski definition) is 2. The Kier molecular flexibility index (Phi) is 5.76. The zero-order chi connectivity index (χ0) is 21.3. The van der Waals surface area contributed by atoms with Crippen molar-refractivity contribution < 1.29 is 30.8 Å². The van der Waals surface area contributed by atoms with Crippen molar-refractivity contribution in [1.82, 2.24) is 14.3 Å². The van der Waals surface area contributed by atoms with Gasteiger partial charge >= 0.3 is 6.18 Å². The fourth-order valence-electron chi connectivity index (χ4n) is 2.13. The van der Waals surface area contributed by atoms with E-state index in [1.807, 2.05) is 0 Å². The predicted octanol–water partition coefficient (Wildman–Crippen LogP) is 2.59. The lowest BCUT2D eigenvalue weighted by Crippen LogP contribution is -2.43. The monoisotopic (exact) mass is 419 g/mol. The molecule has 0 saturated heterocycles. The number of rotatable bonds is 5. The Hall–Kier alpha value is -2.98. The number of nitrogens with one attached hydrogen (secondary N) is 2. The van der Waals surface area contributed by atoms with Gasteiger partial charge in [-0.2, -0.15) is 17.9 Å². The minimum absolute atomic E-state index is 0.0428. The molecule has 13 heteroatoms. The Labute approximate surface area is 157 Å². The first-order valence-corrected chi connectivity index (χ1v) is 8.94. The van der Waals surface area contributed by atoms with Gasteiger partial charge in [0.2, 0.25) is 10.0 Å². The largest absolute Gasteiger partial charge is 0.404 e. The number of halogens is 4. The molecule has 0 radical (unpaired) electrons. The van der Waals surface area contributed by atoms with Crippen molar-refractivity contribution in [3.8, 4) is 0 Å². The number of aromatic nitrogens is 2. The van der Waals surface area contributed by atoms with Crippen molar-refractivity contribution in [2.45, 2.75) is 24.0 Å². The topological polar surface area (TPSA) is 97.5 Å². The van der Waals surface area contributed by atoms with E-state index in [1.54, 1.807) is 0 Å². The Balaban J connectivity index is 2.35. The van der Waals surface area contributed by atoms with Crippen LogP contribution in [0, 0.1) is 12.4 Å². The lowest BCUT2D eigenvalue weighted by molar-refractivity contribution is -0.147. The van der Waals surface area contributed by atoms with Crippen molar-refractivity contribution >= 4 is 27.4 Å². The summed E-state index contributed by atoms with van der Waals surface area (Å²) < 4.78 is 78.7. The van der Waals surface area contributed by atoms with Crippen LogP contribution >= 0.6 is 0 Å². The third-order valence-electron chi connectivity index (χ3n) is 3.53. The van der Waals surface area contributed by atoms with Crippen LogP contribution in [0.15, 0.2) is 29.4 Å². The van der Waals surface area contributed by atoms with Gasteiger partial charge in [0, 0.05) is 25.0 Å². The van der Waals surface area contributed by atoms with E-state index >= 15 is 0 Å². The molecule has 28 heavy (non-hydrogen) atoms. The van der Waals surface area contributed by atoms with Gasteiger partial charge in [-0.1, -0.05) is 6.57 Å². The molecule has 1 amide bonds. The highest BCUT2D eigenvalue weighted by atomic mass is 32.2. The maximum absolute atomic E-state index is 14.6. The molecule has 150 valence electrons. The summed E-state index contributed by atoms with van der Waals surface area (Å²) >= 11 is 0. The number of sulfonamides is 1.